The molecular weight excluding hydrogens is 181 g/mol. The second-order valence-electron chi connectivity index (χ2n) is 3.81. The van der Waals surface area contributed by atoms with Gasteiger partial charge in [0.1, 0.15) is 17.7 Å². The predicted octanol–water partition coefficient (Wildman–Crippen LogP) is 1.87. The Balaban J connectivity index is 2.24. The minimum Gasteiger partial charge on any atom is -0.488 e. The van der Waals surface area contributed by atoms with Crippen LogP contribution in [0.15, 0.2) is 18.2 Å². The molecule has 2 nitrogen and oxygen atoms in total. The summed E-state index contributed by atoms with van der Waals surface area (Å²) in [4.78, 5) is 0. The van der Waals surface area contributed by atoms with E-state index in [9.17, 15) is 4.39 Å². The quantitative estimate of drug-likeness (QED) is 0.742. The summed E-state index contributed by atoms with van der Waals surface area (Å²) in [5.41, 5.74) is 6.82. The highest BCUT2D eigenvalue weighted by molar-refractivity contribution is 5.36. The van der Waals surface area contributed by atoms with E-state index in [1.54, 1.807) is 6.07 Å². The molecule has 1 heterocycles. The summed E-state index contributed by atoms with van der Waals surface area (Å²) in [6.45, 7) is 1.91. The van der Waals surface area contributed by atoms with E-state index in [0.717, 1.165) is 18.4 Å². The fourth-order valence-corrected chi connectivity index (χ4v) is 1.73. The van der Waals surface area contributed by atoms with E-state index >= 15 is 0 Å². The third-order valence-electron chi connectivity index (χ3n) is 2.59. The molecule has 1 aromatic carbocycles. The molecule has 0 aliphatic carbocycles. The van der Waals surface area contributed by atoms with Crippen molar-refractivity contribution in [1.29, 1.82) is 0 Å². The van der Waals surface area contributed by atoms with Gasteiger partial charge in [0.15, 0.2) is 0 Å². The largest absolute Gasteiger partial charge is 0.488 e. The summed E-state index contributed by atoms with van der Waals surface area (Å²) in [5.74, 6) is 0.396. The summed E-state index contributed by atoms with van der Waals surface area (Å²) in [7, 11) is 0. The van der Waals surface area contributed by atoms with Gasteiger partial charge in [-0.1, -0.05) is 6.07 Å². The lowest BCUT2D eigenvalue weighted by molar-refractivity contribution is 0.150. The second kappa shape index (κ2) is 3.58. The molecule has 76 valence electrons. The fraction of sp³-hybridized carbons (Fsp3) is 0.455. The van der Waals surface area contributed by atoms with Gasteiger partial charge in [0.25, 0.3) is 0 Å². The van der Waals surface area contributed by atoms with Crippen LogP contribution in [0.2, 0.25) is 0 Å². The summed E-state index contributed by atoms with van der Waals surface area (Å²) in [5, 5.41) is 0. The second-order valence-corrected chi connectivity index (χ2v) is 3.81. The van der Waals surface area contributed by atoms with Crippen LogP contribution in [0.3, 0.4) is 0 Å². The average molecular weight is 195 g/mol. The molecule has 14 heavy (non-hydrogen) atoms. The van der Waals surface area contributed by atoms with Gasteiger partial charge in [0, 0.05) is 12.1 Å². The minimum atomic E-state index is -0.255. The monoisotopic (exact) mass is 195 g/mol. The Hall–Kier alpha value is -1.09. The van der Waals surface area contributed by atoms with Crippen LogP contribution in [0.1, 0.15) is 18.9 Å². The number of nitrogens with two attached hydrogens (primary N) is 1. The van der Waals surface area contributed by atoms with Crippen molar-refractivity contribution in [3.05, 3.63) is 29.6 Å². The van der Waals surface area contributed by atoms with Gasteiger partial charge in [0.05, 0.1) is 0 Å². The molecule has 1 aliphatic heterocycles. The van der Waals surface area contributed by atoms with Gasteiger partial charge in [-0.25, -0.2) is 4.39 Å². The van der Waals surface area contributed by atoms with Crippen molar-refractivity contribution < 1.29 is 9.13 Å². The SMILES string of the molecule is CC(N)C1CCc2ccc(F)cc2O1. The predicted molar refractivity (Wildman–Crippen MR) is 52.8 cm³/mol. The highest BCUT2D eigenvalue weighted by atomic mass is 19.1. The Morgan fingerprint density at radius 1 is 1.57 bits per heavy atom. The van der Waals surface area contributed by atoms with Gasteiger partial charge in [-0.05, 0) is 31.4 Å². The first-order valence-electron chi connectivity index (χ1n) is 4.87. The minimum absolute atomic E-state index is 0.00795. The topological polar surface area (TPSA) is 35.2 Å². The molecule has 0 aromatic heterocycles. The van der Waals surface area contributed by atoms with Crippen molar-refractivity contribution in [3.63, 3.8) is 0 Å². The lowest BCUT2D eigenvalue weighted by Gasteiger charge is -2.28. The zero-order valence-corrected chi connectivity index (χ0v) is 8.16. The lowest BCUT2D eigenvalue weighted by Crippen LogP contribution is -2.38. The number of hydrogen-bond acceptors (Lipinski definition) is 2. The molecule has 2 N–H and O–H groups in total. The fourth-order valence-electron chi connectivity index (χ4n) is 1.73. The maximum Gasteiger partial charge on any atom is 0.126 e. The standard InChI is InChI=1S/C11H14FNO/c1-7(13)10-5-3-8-2-4-9(12)6-11(8)14-10/h2,4,6-7,10H,3,5,13H2,1H3. The molecule has 0 spiro atoms. The zero-order chi connectivity index (χ0) is 10.1. The van der Waals surface area contributed by atoms with E-state index in [4.69, 9.17) is 10.5 Å². The Bertz CT molecular complexity index is 338. The molecule has 1 aliphatic rings. The molecule has 2 atom stereocenters. The molecule has 0 saturated heterocycles. The van der Waals surface area contributed by atoms with Crippen molar-refractivity contribution >= 4 is 0 Å². The number of halogens is 1. The Labute approximate surface area is 82.9 Å². The van der Waals surface area contributed by atoms with Crippen molar-refractivity contribution in [2.75, 3.05) is 0 Å². The van der Waals surface area contributed by atoms with Crippen LogP contribution in [-0.2, 0) is 6.42 Å². The van der Waals surface area contributed by atoms with Gasteiger partial charge < -0.3 is 10.5 Å². The van der Waals surface area contributed by atoms with E-state index in [1.165, 1.54) is 12.1 Å². The van der Waals surface area contributed by atoms with Crippen LogP contribution >= 0.6 is 0 Å². The molecule has 1 aromatic rings. The maximum atomic E-state index is 12.9. The van der Waals surface area contributed by atoms with Crippen molar-refractivity contribution in [3.8, 4) is 5.75 Å². The van der Waals surface area contributed by atoms with Crippen molar-refractivity contribution in [2.45, 2.75) is 31.9 Å². The summed E-state index contributed by atoms with van der Waals surface area (Å²) < 4.78 is 18.5. The molecule has 0 fully saturated rings. The van der Waals surface area contributed by atoms with Gasteiger partial charge in [-0.2, -0.15) is 0 Å². The summed E-state index contributed by atoms with van der Waals surface area (Å²) >= 11 is 0. The molecular formula is C11H14FNO. The molecule has 0 radical (unpaired) electrons. The van der Waals surface area contributed by atoms with Crippen LogP contribution in [0, 0.1) is 5.82 Å². The molecule has 0 amide bonds. The average Bonchev–Trinajstić information content (AvgIpc) is 2.16. The first-order valence-corrected chi connectivity index (χ1v) is 4.87. The zero-order valence-electron chi connectivity index (χ0n) is 8.16. The van der Waals surface area contributed by atoms with Gasteiger partial charge in [-0.3, -0.25) is 0 Å². The van der Waals surface area contributed by atoms with Crippen LogP contribution in [0.5, 0.6) is 5.75 Å². The first kappa shape index (κ1) is 9.46. The molecule has 0 saturated carbocycles. The number of hydrogen-bond donors (Lipinski definition) is 1. The Morgan fingerprint density at radius 2 is 2.36 bits per heavy atom. The van der Waals surface area contributed by atoms with E-state index in [0.29, 0.717) is 5.75 Å². The molecule has 3 heteroatoms. The summed E-state index contributed by atoms with van der Waals surface area (Å²) in [6, 6.07) is 4.67. The number of fused-ring (bicyclic) bond motifs is 1. The number of aryl methyl sites for hydroxylation is 1. The maximum absolute atomic E-state index is 12.9. The van der Waals surface area contributed by atoms with E-state index in [-0.39, 0.29) is 18.0 Å². The van der Waals surface area contributed by atoms with E-state index in [2.05, 4.69) is 0 Å². The summed E-state index contributed by atoms with van der Waals surface area (Å²) in [6.07, 6.45) is 1.85. The lowest BCUT2D eigenvalue weighted by atomic mass is 9.99. The number of benzene rings is 1. The van der Waals surface area contributed by atoms with Gasteiger partial charge in [-0.15, -0.1) is 0 Å². The third-order valence-corrected chi connectivity index (χ3v) is 2.59. The normalized spacial score (nSPS) is 22.4. The van der Waals surface area contributed by atoms with Crippen LogP contribution in [0.25, 0.3) is 0 Å². The van der Waals surface area contributed by atoms with E-state index in [1.807, 2.05) is 6.92 Å². The highest BCUT2D eigenvalue weighted by Gasteiger charge is 2.22. The Kier molecular flexibility index (Phi) is 2.42. The number of ether oxygens (including phenoxy) is 1. The highest BCUT2D eigenvalue weighted by Crippen LogP contribution is 2.28. The van der Waals surface area contributed by atoms with Crippen LogP contribution in [-0.4, -0.2) is 12.1 Å². The van der Waals surface area contributed by atoms with Crippen molar-refractivity contribution in [1.82, 2.24) is 0 Å². The van der Waals surface area contributed by atoms with Crippen LogP contribution < -0.4 is 10.5 Å². The van der Waals surface area contributed by atoms with Crippen LogP contribution in [0.4, 0.5) is 4.39 Å². The third kappa shape index (κ3) is 1.73. The van der Waals surface area contributed by atoms with Gasteiger partial charge in [0.2, 0.25) is 0 Å². The number of rotatable bonds is 1. The first-order chi connectivity index (χ1) is 6.66. The smallest absolute Gasteiger partial charge is 0.126 e. The molecule has 0 bridgehead atoms. The van der Waals surface area contributed by atoms with Crippen molar-refractivity contribution in [2.24, 2.45) is 5.73 Å². The Morgan fingerprint density at radius 3 is 3.07 bits per heavy atom. The molecule has 2 unspecified atom stereocenters. The van der Waals surface area contributed by atoms with E-state index < -0.39 is 0 Å². The van der Waals surface area contributed by atoms with Gasteiger partial charge >= 0.3 is 0 Å². The molecule has 2 rings (SSSR count).